The highest BCUT2D eigenvalue weighted by Crippen LogP contribution is 2.15. The molecule has 0 amide bonds. The van der Waals surface area contributed by atoms with Gasteiger partial charge in [0.1, 0.15) is 5.75 Å². The van der Waals surface area contributed by atoms with Gasteiger partial charge in [0.25, 0.3) is 0 Å². The van der Waals surface area contributed by atoms with Gasteiger partial charge in [0.2, 0.25) is 0 Å². The smallest absolute Gasteiger partial charge is 0.119 e. The molecule has 0 aliphatic heterocycles. The van der Waals surface area contributed by atoms with Crippen LogP contribution >= 0.6 is 15.9 Å². The monoisotopic (exact) mass is 305 g/mol. The second-order valence-corrected chi connectivity index (χ2v) is 6.13. The van der Waals surface area contributed by atoms with Gasteiger partial charge >= 0.3 is 0 Å². The third-order valence-corrected chi connectivity index (χ3v) is 3.89. The molecule has 0 saturated heterocycles. The molecule has 0 saturated carbocycles. The van der Waals surface area contributed by atoms with Crippen molar-refractivity contribution in [2.45, 2.75) is 13.0 Å². The molecule has 1 aromatic rings. The SMILES string of the molecule is CC(N)CS(=O)CCOc1ccc(Br)cc1. The van der Waals surface area contributed by atoms with Crippen LogP contribution < -0.4 is 10.5 Å². The van der Waals surface area contributed by atoms with Gasteiger partial charge in [-0.1, -0.05) is 15.9 Å². The maximum atomic E-state index is 11.4. The Hall–Kier alpha value is -0.390. The first-order chi connectivity index (χ1) is 7.58. The van der Waals surface area contributed by atoms with Gasteiger partial charge in [-0.25, -0.2) is 0 Å². The van der Waals surface area contributed by atoms with Gasteiger partial charge in [-0.3, -0.25) is 4.21 Å². The second-order valence-electron chi connectivity index (χ2n) is 3.59. The summed E-state index contributed by atoms with van der Waals surface area (Å²) in [6, 6.07) is 7.55. The molecule has 0 aliphatic rings. The molecule has 0 aromatic heterocycles. The van der Waals surface area contributed by atoms with E-state index in [1.54, 1.807) is 0 Å². The van der Waals surface area contributed by atoms with Crippen molar-refractivity contribution in [1.82, 2.24) is 0 Å². The third-order valence-electron chi connectivity index (χ3n) is 1.84. The maximum Gasteiger partial charge on any atom is 0.119 e. The second kappa shape index (κ2) is 7.04. The van der Waals surface area contributed by atoms with Crippen LogP contribution in [-0.4, -0.2) is 28.4 Å². The van der Waals surface area contributed by atoms with Gasteiger partial charge in [-0.15, -0.1) is 0 Å². The largest absolute Gasteiger partial charge is 0.493 e. The van der Waals surface area contributed by atoms with Crippen LogP contribution in [0.5, 0.6) is 5.75 Å². The first-order valence-corrected chi connectivity index (χ1v) is 7.35. The first-order valence-electron chi connectivity index (χ1n) is 5.07. The van der Waals surface area contributed by atoms with E-state index in [-0.39, 0.29) is 6.04 Å². The molecule has 0 spiro atoms. The zero-order valence-corrected chi connectivity index (χ0v) is 11.6. The minimum atomic E-state index is -0.887. The molecule has 0 radical (unpaired) electrons. The summed E-state index contributed by atoms with van der Waals surface area (Å²) in [5.41, 5.74) is 5.55. The Kier molecular flexibility index (Phi) is 6.01. The van der Waals surface area contributed by atoms with Crippen molar-refractivity contribution in [2.24, 2.45) is 5.73 Å². The number of ether oxygens (including phenoxy) is 1. The molecular weight excluding hydrogens is 290 g/mol. The van der Waals surface area contributed by atoms with Crippen molar-refractivity contribution in [3.05, 3.63) is 28.7 Å². The van der Waals surface area contributed by atoms with Crippen LogP contribution in [0.15, 0.2) is 28.7 Å². The molecular formula is C11H16BrNO2S. The van der Waals surface area contributed by atoms with Crippen molar-refractivity contribution in [2.75, 3.05) is 18.1 Å². The average molecular weight is 306 g/mol. The van der Waals surface area contributed by atoms with E-state index in [1.807, 2.05) is 31.2 Å². The summed E-state index contributed by atoms with van der Waals surface area (Å²) in [4.78, 5) is 0. The zero-order chi connectivity index (χ0) is 12.0. The van der Waals surface area contributed by atoms with Gasteiger partial charge in [-0.2, -0.15) is 0 Å². The summed E-state index contributed by atoms with van der Waals surface area (Å²) in [7, 11) is -0.887. The lowest BCUT2D eigenvalue weighted by Crippen LogP contribution is -2.25. The van der Waals surface area contributed by atoms with Crippen LogP contribution in [0, 0.1) is 0 Å². The van der Waals surface area contributed by atoms with Gasteiger partial charge in [0.15, 0.2) is 0 Å². The van der Waals surface area contributed by atoms with Crippen LogP contribution in [-0.2, 0) is 10.8 Å². The van der Waals surface area contributed by atoms with E-state index < -0.39 is 10.8 Å². The summed E-state index contributed by atoms with van der Waals surface area (Å²) in [5.74, 6) is 1.85. The van der Waals surface area contributed by atoms with E-state index in [9.17, 15) is 4.21 Å². The summed E-state index contributed by atoms with van der Waals surface area (Å²) in [6.45, 7) is 2.31. The quantitative estimate of drug-likeness (QED) is 0.873. The Balaban J connectivity index is 2.25. The van der Waals surface area contributed by atoms with Crippen LogP contribution in [0.1, 0.15) is 6.92 Å². The number of hydrogen-bond acceptors (Lipinski definition) is 3. The minimum absolute atomic E-state index is 0.0199. The molecule has 16 heavy (non-hydrogen) atoms. The molecule has 5 heteroatoms. The van der Waals surface area contributed by atoms with E-state index in [0.717, 1.165) is 10.2 Å². The molecule has 1 rings (SSSR count). The topological polar surface area (TPSA) is 52.3 Å². The number of rotatable bonds is 6. The molecule has 0 aliphatic carbocycles. The molecule has 3 nitrogen and oxygen atoms in total. The van der Waals surface area contributed by atoms with Crippen LogP contribution in [0.4, 0.5) is 0 Å². The van der Waals surface area contributed by atoms with E-state index in [1.165, 1.54) is 0 Å². The summed E-state index contributed by atoms with van der Waals surface area (Å²) in [6.07, 6.45) is 0. The number of halogens is 1. The third kappa shape index (κ3) is 5.63. The molecule has 90 valence electrons. The summed E-state index contributed by atoms with van der Waals surface area (Å²) in [5, 5.41) is 0. The number of hydrogen-bond donors (Lipinski definition) is 1. The van der Waals surface area contributed by atoms with Crippen LogP contribution in [0.25, 0.3) is 0 Å². The lowest BCUT2D eigenvalue weighted by molar-refractivity contribution is 0.342. The highest BCUT2D eigenvalue weighted by Gasteiger charge is 2.03. The lowest BCUT2D eigenvalue weighted by Gasteiger charge is -2.07. The summed E-state index contributed by atoms with van der Waals surface area (Å²) < 4.78 is 17.9. The number of nitrogens with two attached hydrogens (primary N) is 1. The molecule has 0 heterocycles. The molecule has 1 aromatic carbocycles. The molecule has 2 N–H and O–H groups in total. The van der Waals surface area contributed by atoms with Crippen molar-refractivity contribution in [3.63, 3.8) is 0 Å². The predicted octanol–water partition coefficient (Wildman–Crippen LogP) is 1.92. The van der Waals surface area contributed by atoms with Gasteiger partial charge in [0.05, 0.1) is 12.4 Å². The van der Waals surface area contributed by atoms with E-state index in [0.29, 0.717) is 18.1 Å². The standard InChI is InChI=1S/C11H16BrNO2S/c1-9(13)8-16(14)7-6-15-11-4-2-10(12)3-5-11/h2-5,9H,6-8,13H2,1H3. The van der Waals surface area contributed by atoms with Gasteiger partial charge < -0.3 is 10.5 Å². The Bertz CT molecular complexity index is 340. The predicted molar refractivity (Wildman–Crippen MR) is 71.2 cm³/mol. The molecule has 0 fully saturated rings. The van der Waals surface area contributed by atoms with Gasteiger partial charge in [-0.05, 0) is 31.2 Å². The highest BCUT2D eigenvalue weighted by atomic mass is 79.9. The van der Waals surface area contributed by atoms with Crippen molar-refractivity contribution in [3.8, 4) is 5.75 Å². The summed E-state index contributed by atoms with van der Waals surface area (Å²) >= 11 is 3.35. The van der Waals surface area contributed by atoms with Crippen molar-refractivity contribution < 1.29 is 8.95 Å². The number of benzene rings is 1. The van der Waals surface area contributed by atoms with Crippen molar-refractivity contribution >= 4 is 26.7 Å². The fourth-order valence-corrected chi connectivity index (χ4v) is 2.45. The highest BCUT2D eigenvalue weighted by molar-refractivity contribution is 9.10. The zero-order valence-electron chi connectivity index (χ0n) is 9.19. The molecule has 2 atom stereocenters. The first kappa shape index (κ1) is 13.7. The van der Waals surface area contributed by atoms with E-state index in [4.69, 9.17) is 10.5 Å². The fourth-order valence-electron chi connectivity index (χ4n) is 1.16. The fraction of sp³-hybridized carbons (Fsp3) is 0.455. The van der Waals surface area contributed by atoms with Crippen LogP contribution in [0.2, 0.25) is 0 Å². The Morgan fingerprint density at radius 3 is 2.62 bits per heavy atom. The van der Waals surface area contributed by atoms with Gasteiger partial charge in [0, 0.05) is 27.1 Å². The van der Waals surface area contributed by atoms with Crippen LogP contribution in [0.3, 0.4) is 0 Å². The lowest BCUT2D eigenvalue weighted by atomic mass is 10.3. The van der Waals surface area contributed by atoms with E-state index >= 15 is 0 Å². The molecule has 0 bridgehead atoms. The Labute approximate surface area is 107 Å². The van der Waals surface area contributed by atoms with Crippen molar-refractivity contribution in [1.29, 1.82) is 0 Å². The maximum absolute atomic E-state index is 11.4. The Morgan fingerprint density at radius 2 is 2.06 bits per heavy atom. The minimum Gasteiger partial charge on any atom is -0.493 e. The van der Waals surface area contributed by atoms with E-state index in [2.05, 4.69) is 15.9 Å². The Morgan fingerprint density at radius 1 is 1.44 bits per heavy atom. The molecule has 2 unspecified atom stereocenters. The average Bonchev–Trinajstić information content (AvgIpc) is 2.20. The normalized spacial score (nSPS) is 14.4.